The number of aliphatic hydroxyl groups excluding tert-OH is 1. The van der Waals surface area contributed by atoms with E-state index in [1.807, 2.05) is 44.2 Å². The maximum absolute atomic E-state index is 13.8. The Kier molecular flexibility index (Phi) is 7.52. The molecule has 3 aromatic carbocycles. The SMILES string of the molecule is Cc1c(O)cccc1C(=O)NC1([C@H](O)CN(CC(C)C)S(=O)(=O)c2ccc3c(c2)OCO3)CC1c1ccccc1. The van der Waals surface area contributed by atoms with Gasteiger partial charge in [-0.25, -0.2) is 8.42 Å². The minimum absolute atomic E-state index is 0.00409. The molecule has 1 heterocycles. The number of aliphatic hydroxyl groups is 1. The van der Waals surface area contributed by atoms with E-state index in [-0.39, 0.29) is 47.9 Å². The monoisotopic (exact) mass is 566 g/mol. The summed E-state index contributed by atoms with van der Waals surface area (Å²) in [4.78, 5) is 13.5. The predicted octanol–water partition coefficient (Wildman–Crippen LogP) is 3.79. The Labute approximate surface area is 234 Å². The van der Waals surface area contributed by atoms with Crippen LogP contribution in [0.15, 0.2) is 71.6 Å². The molecule has 9 nitrogen and oxygen atoms in total. The molecule has 0 saturated heterocycles. The molecule has 1 amide bonds. The fraction of sp³-hybridized carbons (Fsp3) is 0.367. The summed E-state index contributed by atoms with van der Waals surface area (Å²) in [7, 11) is -4.03. The molecular formula is C30H34N2O7S. The number of nitrogens with zero attached hydrogens (tertiary/aromatic N) is 1. The lowest BCUT2D eigenvalue weighted by molar-refractivity contribution is 0.0706. The van der Waals surface area contributed by atoms with Crippen molar-refractivity contribution in [3.63, 3.8) is 0 Å². The van der Waals surface area contributed by atoms with Crippen molar-refractivity contribution in [2.24, 2.45) is 5.92 Å². The number of rotatable bonds is 10. The highest BCUT2D eigenvalue weighted by Gasteiger charge is 2.61. The van der Waals surface area contributed by atoms with Gasteiger partial charge in [-0.2, -0.15) is 4.31 Å². The van der Waals surface area contributed by atoms with E-state index in [0.29, 0.717) is 23.5 Å². The quantitative estimate of drug-likeness (QED) is 0.341. The molecule has 0 aromatic heterocycles. The number of phenolic OH excluding ortho intramolecular Hbond substituents is 1. The fourth-order valence-corrected chi connectivity index (χ4v) is 6.96. The number of aromatic hydroxyl groups is 1. The van der Waals surface area contributed by atoms with Gasteiger partial charge in [0.15, 0.2) is 11.5 Å². The molecule has 40 heavy (non-hydrogen) atoms. The van der Waals surface area contributed by atoms with Crippen LogP contribution in [0.3, 0.4) is 0 Å². The molecule has 1 aliphatic heterocycles. The summed E-state index contributed by atoms with van der Waals surface area (Å²) in [5.74, 6) is 0.125. The van der Waals surface area contributed by atoms with E-state index in [0.717, 1.165) is 5.56 Å². The number of ether oxygens (including phenoxy) is 2. The Morgan fingerprint density at radius 3 is 2.50 bits per heavy atom. The van der Waals surface area contributed by atoms with Gasteiger partial charge in [0.2, 0.25) is 16.8 Å². The van der Waals surface area contributed by atoms with Crippen LogP contribution in [0.25, 0.3) is 0 Å². The minimum Gasteiger partial charge on any atom is -0.508 e. The number of sulfonamides is 1. The van der Waals surface area contributed by atoms with Gasteiger partial charge in [-0.15, -0.1) is 0 Å². The second-order valence-electron chi connectivity index (χ2n) is 10.9. The average molecular weight is 567 g/mol. The number of benzene rings is 3. The largest absolute Gasteiger partial charge is 0.508 e. The van der Waals surface area contributed by atoms with Crippen molar-refractivity contribution in [3.05, 3.63) is 83.4 Å². The lowest BCUT2D eigenvalue weighted by Crippen LogP contribution is -2.53. The van der Waals surface area contributed by atoms with Crippen LogP contribution >= 0.6 is 0 Å². The van der Waals surface area contributed by atoms with Crippen LogP contribution in [-0.2, 0) is 10.0 Å². The second-order valence-corrected chi connectivity index (χ2v) is 12.8. The first-order valence-corrected chi connectivity index (χ1v) is 14.7. The van der Waals surface area contributed by atoms with Gasteiger partial charge in [-0.05, 0) is 49.1 Å². The van der Waals surface area contributed by atoms with Gasteiger partial charge in [-0.3, -0.25) is 4.79 Å². The molecule has 0 bridgehead atoms. The van der Waals surface area contributed by atoms with E-state index in [4.69, 9.17) is 9.47 Å². The highest BCUT2D eigenvalue weighted by atomic mass is 32.2. The smallest absolute Gasteiger partial charge is 0.252 e. The number of fused-ring (bicyclic) bond motifs is 1. The van der Waals surface area contributed by atoms with E-state index in [9.17, 15) is 23.4 Å². The van der Waals surface area contributed by atoms with Crippen LogP contribution in [0.1, 0.15) is 47.7 Å². The molecule has 1 saturated carbocycles. The molecule has 5 rings (SSSR count). The van der Waals surface area contributed by atoms with Gasteiger partial charge in [0, 0.05) is 36.2 Å². The number of carbonyl (C=O) groups is 1. The van der Waals surface area contributed by atoms with Crippen molar-refractivity contribution < 1.29 is 32.9 Å². The van der Waals surface area contributed by atoms with Gasteiger partial charge in [0.05, 0.1) is 16.5 Å². The van der Waals surface area contributed by atoms with E-state index in [2.05, 4.69) is 5.32 Å². The molecule has 0 radical (unpaired) electrons. The number of hydrogen-bond donors (Lipinski definition) is 3. The zero-order chi connectivity index (χ0) is 28.7. The third-order valence-electron chi connectivity index (χ3n) is 7.62. The molecule has 1 fully saturated rings. The van der Waals surface area contributed by atoms with E-state index in [1.165, 1.54) is 22.5 Å². The molecular weight excluding hydrogens is 532 g/mol. The van der Waals surface area contributed by atoms with Crippen LogP contribution in [0.5, 0.6) is 17.2 Å². The number of hydrogen-bond acceptors (Lipinski definition) is 7. The lowest BCUT2D eigenvalue weighted by Gasteiger charge is -2.32. The van der Waals surface area contributed by atoms with Gasteiger partial charge in [0.25, 0.3) is 5.91 Å². The lowest BCUT2D eigenvalue weighted by atomic mass is 9.99. The van der Waals surface area contributed by atoms with E-state index in [1.54, 1.807) is 25.1 Å². The summed E-state index contributed by atoms with van der Waals surface area (Å²) in [6.07, 6.45) is -0.789. The maximum Gasteiger partial charge on any atom is 0.252 e. The summed E-state index contributed by atoms with van der Waals surface area (Å²) in [5, 5.41) is 24.9. The number of nitrogens with one attached hydrogen (secondary N) is 1. The van der Waals surface area contributed by atoms with Crippen LogP contribution in [0.4, 0.5) is 0 Å². The van der Waals surface area contributed by atoms with Gasteiger partial charge in [-0.1, -0.05) is 50.2 Å². The van der Waals surface area contributed by atoms with Gasteiger partial charge in [0.1, 0.15) is 5.75 Å². The molecule has 3 atom stereocenters. The number of carbonyl (C=O) groups excluding carboxylic acids is 1. The molecule has 10 heteroatoms. The van der Waals surface area contributed by atoms with E-state index >= 15 is 0 Å². The third-order valence-corrected chi connectivity index (χ3v) is 9.45. The summed E-state index contributed by atoms with van der Waals surface area (Å²) in [6.45, 7) is 5.42. The standard InChI is InChI=1S/C30H34N2O7S/c1-19(2)16-32(40(36,37)22-12-13-26-27(14-22)39-18-38-26)17-28(34)30(15-24(30)21-8-5-4-6-9-21)31-29(35)23-10-7-11-25(33)20(23)3/h4-14,19,24,28,33-34H,15-18H2,1-3H3,(H,31,35)/t24?,28-,30?/m1/s1. The van der Waals surface area contributed by atoms with Gasteiger partial charge < -0.3 is 25.0 Å². The minimum atomic E-state index is -4.03. The number of amides is 1. The Morgan fingerprint density at radius 2 is 1.77 bits per heavy atom. The molecule has 1 aliphatic carbocycles. The van der Waals surface area contributed by atoms with Crippen molar-refractivity contribution in [1.29, 1.82) is 0 Å². The summed E-state index contributed by atoms with van der Waals surface area (Å²) >= 11 is 0. The Bertz CT molecular complexity index is 1510. The molecule has 2 unspecified atom stereocenters. The average Bonchev–Trinajstić information content (AvgIpc) is 3.46. The Hall–Kier alpha value is -3.60. The zero-order valence-electron chi connectivity index (χ0n) is 22.7. The first-order valence-electron chi connectivity index (χ1n) is 13.3. The molecule has 3 aromatic rings. The summed E-state index contributed by atoms with van der Waals surface area (Å²) in [5.41, 5.74) is 0.546. The van der Waals surface area contributed by atoms with Crippen LogP contribution < -0.4 is 14.8 Å². The van der Waals surface area contributed by atoms with Gasteiger partial charge >= 0.3 is 0 Å². The Balaban J connectivity index is 1.46. The second kappa shape index (κ2) is 10.8. The third kappa shape index (κ3) is 5.26. The normalized spacial score (nSPS) is 20.5. The Morgan fingerprint density at radius 1 is 1.05 bits per heavy atom. The molecule has 3 N–H and O–H groups in total. The maximum atomic E-state index is 13.8. The molecule has 2 aliphatic rings. The molecule has 212 valence electrons. The van der Waals surface area contributed by atoms with E-state index < -0.39 is 27.6 Å². The van der Waals surface area contributed by atoms with Crippen LogP contribution in [0.2, 0.25) is 0 Å². The van der Waals surface area contributed by atoms with Crippen LogP contribution in [-0.4, -0.2) is 60.4 Å². The van der Waals surface area contributed by atoms with Crippen molar-refractivity contribution in [1.82, 2.24) is 9.62 Å². The summed E-state index contributed by atoms with van der Waals surface area (Å²) < 4.78 is 39.6. The highest BCUT2D eigenvalue weighted by Crippen LogP contribution is 2.54. The molecule has 0 spiro atoms. The first kappa shape index (κ1) is 27.9. The zero-order valence-corrected chi connectivity index (χ0v) is 23.5. The van der Waals surface area contributed by atoms with Crippen molar-refractivity contribution in [2.75, 3.05) is 19.9 Å². The van der Waals surface area contributed by atoms with Crippen molar-refractivity contribution in [3.8, 4) is 17.2 Å². The topological polar surface area (TPSA) is 125 Å². The van der Waals surface area contributed by atoms with Crippen molar-refractivity contribution in [2.45, 2.75) is 49.6 Å². The first-order chi connectivity index (χ1) is 19.0. The fourth-order valence-electron chi connectivity index (χ4n) is 5.34. The summed E-state index contributed by atoms with van der Waals surface area (Å²) in [6, 6.07) is 18.7. The predicted molar refractivity (Wildman–Crippen MR) is 149 cm³/mol. The van der Waals surface area contributed by atoms with Crippen LogP contribution in [0, 0.1) is 12.8 Å². The highest BCUT2D eigenvalue weighted by molar-refractivity contribution is 7.89. The number of phenols is 1. The van der Waals surface area contributed by atoms with Crippen molar-refractivity contribution >= 4 is 15.9 Å².